The Hall–Kier alpha value is -4.81. The fourth-order valence-electron chi connectivity index (χ4n) is 4.76. The van der Waals surface area contributed by atoms with E-state index in [4.69, 9.17) is 14.2 Å². The van der Waals surface area contributed by atoms with Crippen LogP contribution in [-0.4, -0.2) is 147 Å². The Morgan fingerprint density at radius 3 is 2.26 bits per heavy atom. The molecule has 21 nitrogen and oxygen atoms in total. The molecule has 2 aliphatic rings. The molecule has 298 valence electrons. The molecule has 1 aromatic carbocycles. The molecule has 2 aliphatic heterocycles. The zero-order valence-corrected chi connectivity index (χ0v) is 30.0. The Morgan fingerprint density at radius 2 is 1.67 bits per heavy atom. The van der Waals surface area contributed by atoms with Crippen molar-refractivity contribution in [2.75, 3.05) is 30.8 Å². The number of rotatable bonds is 17. The summed E-state index contributed by atoms with van der Waals surface area (Å²) in [5.41, 5.74) is -0.419. The summed E-state index contributed by atoms with van der Waals surface area (Å²) in [5.74, 6) is -6.93. The highest BCUT2D eigenvalue weighted by Gasteiger charge is 2.48. The number of nitrogens with zero attached hydrogens (tertiary/aromatic N) is 1. The topological polar surface area (TPSA) is 325 Å². The standard InChI is InChI=1S/C32H42N4O17S/c1-32(2,3)31(47)51-12-4-5-16-6-7-19(52-30-26(43)24(41)25(42)27(53-30)29(45)46)17(13-16)34-20(37)10-11-33-28(44)18(15-54(48,49)50)35-21(38)14-36-22(39)8-9-23(36)40/h4-9,13,18,24-28,30,33,41-44H,10-12,14-15H2,1-3H3,(H,34,37)(H,35,38)(H,45,46)(H,48,49,50)/b5-4+/t18-,24-,25-,26+,27-,28?,30+/m0/s1. The largest absolute Gasteiger partial charge is 0.479 e. The molecule has 22 heteroatoms. The molecule has 1 aromatic rings. The van der Waals surface area contributed by atoms with E-state index in [0.29, 0.717) is 10.5 Å². The van der Waals surface area contributed by atoms with Crippen molar-refractivity contribution in [1.29, 1.82) is 0 Å². The molecule has 0 bridgehead atoms. The summed E-state index contributed by atoms with van der Waals surface area (Å²) in [7, 11) is -4.79. The molecule has 9 N–H and O–H groups in total. The van der Waals surface area contributed by atoms with Gasteiger partial charge in [-0.3, -0.25) is 38.7 Å². The zero-order valence-electron chi connectivity index (χ0n) is 29.1. The van der Waals surface area contributed by atoms with Gasteiger partial charge in [0.2, 0.25) is 18.1 Å². The van der Waals surface area contributed by atoms with Gasteiger partial charge in [-0.1, -0.05) is 12.1 Å². The summed E-state index contributed by atoms with van der Waals surface area (Å²) in [6.07, 6.45) is -7.24. The van der Waals surface area contributed by atoms with Crippen LogP contribution in [0.2, 0.25) is 0 Å². The highest BCUT2D eigenvalue weighted by Crippen LogP contribution is 2.31. The van der Waals surface area contributed by atoms with Crippen LogP contribution in [0, 0.1) is 5.41 Å². The summed E-state index contributed by atoms with van der Waals surface area (Å²) in [4.78, 5) is 73.1. The average molecular weight is 787 g/mol. The van der Waals surface area contributed by atoms with E-state index in [9.17, 15) is 67.3 Å². The first-order chi connectivity index (χ1) is 25.1. The van der Waals surface area contributed by atoms with Gasteiger partial charge in [-0.2, -0.15) is 8.42 Å². The zero-order chi connectivity index (χ0) is 40.5. The molecule has 0 saturated carbocycles. The van der Waals surface area contributed by atoms with E-state index >= 15 is 0 Å². The molecule has 0 aromatic heterocycles. The molecule has 0 radical (unpaired) electrons. The number of hydrogen-bond donors (Lipinski definition) is 9. The summed E-state index contributed by atoms with van der Waals surface area (Å²) < 4.78 is 48.5. The first-order valence-corrected chi connectivity index (χ1v) is 17.7. The Morgan fingerprint density at radius 1 is 1.02 bits per heavy atom. The number of aliphatic hydroxyl groups is 4. The van der Waals surface area contributed by atoms with Crippen molar-refractivity contribution in [3.8, 4) is 5.75 Å². The first kappa shape index (κ1) is 43.6. The Kier molecular flexibility index (Phi) is 14.9. The van der Waals surface area contributed by atoms with Gasteiger partial charge >= 0.3 is 11.9 Å². The second kappa shape index (κ2) is 18.5. The summed E-state index contributed by atoms with van der Waals surface area (Å²) in [6.45, 7) is 3.73. The molecule has 0 spiro atoms. The normalized spacial score (nSPS) is 22.9. The smallest absolute Gasteiger partial charge is 0.335 e. The highest BCUT2D eigenvalue weighted by atomic mass is 32.2. The molecular formula is C32H42N4O17S. The number of amides is 4. The number of hydrogen-bond acceptors (Lipinski definition) is 16. The molecule has 4 amide bonds. The van der Waals surface area contributed by atoms with Crippen molar-refractivity contribution >= 4 is 57.4 Å². The van der Waals surface area contributed by atoms with Crippen LogP contribution in [0.5, 0.6) is 5.75 Å². The maximum atomic E-state index is 13.0. The van der Waals surface area contributed by atoms with Crippen LogP contribution in [0.3, 0.4) is 0 Å². The lowest BCUT2D eigenvalue weighted by atomic mass is 9.97. The maximum Gasteiger partial charge on any atom is 0.335 e. The lowest BCUT2D eigenvalue weighted by Crippen LogP contribution is -2.61. The van der Waals surface area contributed by atoms with Crippen LogP contribution in [0.15, 0.2) is 36.4 Å². The third-order valence-electron chi connectivity index (χ3n) is 7.59. The van der Waals surface area contributed by atoms with Gasteiger partial charge in [0.1, 0.15) is 43.4 Å². The van der Waals surface area contributed by atoms with E-state index in [1.807, 2.05) is 0 Å². The second-order valence-corrected chi connectivity index (χ2v) is 14.6. The lowest BCUT2D eigenvalue weighted by molar-refractivity contribution is -0.271. The minimum absolute atomic E-state index is 0.0883. The average Bonchev–Trinajstić information content (AvgIpc) is 3.38. The maximum absolute atomic E-state index is 13.0. The van der Waals surface area contributed by atoms with E-state index in [-0.39, 0.29) is 24.6 Å². The number of aliphatic hydroxyl groups excluding tert-OH is 4. The molecular weight excluding hydrogens is 744 g/mol. The monoisotopic (exact) mass is 786 g/mol. The van der Waals surface area contributed by atoms with Gasteiger partial charge in [-0.15, -0.1) is 0 Å². The van der Waals surface area contributed by atoms with Gasteiger partial charge in [0.15, 0.2) is 6.10 Å². The van der Waals surface area contributed by atoms with E-state index in [0.717, 1.165) is 12.2 Å². The molecule has 1 unspecified atom stereocenters. The Balaban J connectivity index is 1.73. The Bertz CT molecular complexity index is 1740. The first-order valence-electron chi connectivity index (χ1n) is 16.1. The fraction of sp³-hybridized carbons (Fsp3) is 0.500. The van der Waals surface area contributed by atoms with Gasteiger partial charge in [0, 0.05) is 25.1 Å². The van der Waals surface area contributed by atoms with Crippen molar-refractivity contribution in [3.63, 3.8) is 0 Å². The van der Waals surface area contributed by atoms with E-state index in [1.54, 1.807) is 20.8 Å². The number of anilines is 1. The number of carbonyl (C=O) groups is 6. The van der Waals surface area contributed by atoms with Crippen molar-refractivity contribution in [2.24, 2.45) is 5.41 Å². The van der Waals surface area contributed by atoms with Gasteiger partial charge in [0.25, 0.3) is 21.9 Å². The van der Waals surface area contributed by atoms with E-state index in [2.05, 4.69) is 16.0 Å². The molecule has 1 fully saturated rings. The number of nitrogens with one attached hydrogen (secondary N) is 3. The van der Waals surface area contributed by atoms with Crippen molar-refractivity contribution in [2.45, 2.75) is 70.2 Å². The van der Waals surface area contributed by atoms with Gasteiger partial charge in [-0.25, -0.2) is 4.79 Å². The third-order valence-corrected chi connectivity index (χ3v) is 8.37. The molecule has 3 rings (SSSR count). The number of carbonyl (C=O) groups excluding carboxylic acids is 5. The van der Waals surface area contributed by atoms with Crippen LogP contribution in [-0.2, 0) is 48.4 Å². The number of carboxylic acids is 1. The molecule has 54 heavy (non-hydrogen) atoms. The minimum Gasteiger partial charge on any atom is -0.479 e. The second-order valence-electron chi connectivity index (χ2n) is 13.1. The van der Waals surface area contributed by atoms with Gasteiger partial charge in [-0.05, 0) is 44.5 Å². The highest BCUT2D eigenvalue weighted by molar-refractivity contribution is 7.85. The minimum atomic E-state index is -4.79. The molecule has 1 saturated heterocycles. The van der Waals surface area contributed by atoms with Crippen LogP contribution >= 0.6 is 0 Å². The van der Waals surface area contributed by atoms with Crippen LogP contribution in [0.4, 0.5) is 5.69 Å². The molecule has 2 heterocycles. The number of imide groups is 1. The SMILES string of the molecule is CC(C)(C)C(=O)OC/C=C/c1ccc(O[C@@H]2O[C@H](C(=O)O)[C@@H](O)[C@H](O)[C@H]2O)c(NC(=O)CCNC(O)[C@H](CS(=O)(=O)O)NC(=O)CN2C(=O)C=CC2=O)c1. The number of carboxylic acid groups (broad SMARTS) is 1. The number of benzene rings is 1. The number of ether oxygens (including phenoxy) is 3. The number of aliphatic carboxylic acids is 1. The summed E-state index contributed by atoms with van der Waals surface area (Å²) >= 11 is 0. The third kappa shape index (κ3) is 12.7. The van der Waals surface area contributed by atoms with Crippen LogP contribution in [0.1, 0.15) is 32.8 Å². The van der Waals surface area contributed by atoms with Crippen molar-refractivity contribution in [1.82, 2.24) is 15.5 Å². The van der Waals surface area contributed by atoms with E-state index < -0.39 is 113 Å². The predicted octanol–water partition coefficient (Wildman–Crippen LogP) is -2.91. The van der Waals surface area contributed by atoms with Crippen molar-refractivity contribution < 1.29 is 81.5 Å². The molecule has 0 aliphatic carbocycles. The van der Waals surface area contributed by atoms with Gasteiger partial charge in [0.05, 0.1) is 22.9 Å². The fourth-order valence-corrected chi connectivity index (χ4v) is 5.48. The predicted molar refractivity (Wildman–Crippen MR) is 182 cm³/mol. The molecule has 7 atom stereocenters. The quantitative estimate of drug-likeness (QED) is 0.0331. The summed E-state index contributed by atoms with van der Waals surface area (Å²) in [5, 5.41) is 57.6. The lowest BCUT2D eigenvalue weighted by Gasteiger charge is -2.38. The number of esters is 1. The van der Waals surface area contributed by atoms with Crippen LogP contribution in [0.25, 0.3) is 6.08 Å². The van der Waals surface area contributed by atoms with Crippen molar-refractivity contribution in [3.05, 3.63) is 42.0 Å². The van der Waals surface area contributed by atoms with E-state index in [1.165, 1.54) is 30.4 Å². The summed E-state index contributed by atoms with van der Waals surface area (Å²) in [6, 6.07) is 2.42. The van der Waals surface area contributed by atoms with Gasteiger partial charge < -0.3 is 50.4 Å². The Labute approximate surface area is 308 Å². The van der Waals surface area contributed by atoms with Crippen LogP contribution < -0.4 is 20.7 Å².